The van der Waals surface area contributed by atoms with Gasteiger partial charge in [0, 0.05) is 30.3 Å². The van der Waals surface area contributed by atoms with E-state index < -0.39 is 0 Å². The van der Waals surface area contributed by atoms with Gasteiger partial charge in [-0.05, 0) is 78.5 Å². The van der Waals surface area contributed by atoms with Crippen LogP contribution in [0.5, 0.6) is 5.75 Å². The van der Waals surface area contributed by atoms with Crippen LogP contribution in [0.15, 0.2) is 41.0 Å². The van der Waals surface area contributed by atoms with E-state index >= 15 is 0 Å². The predicted molar refractivity (Wildman–Crippen MR) is 111 cm³/mol. The second-order valence-corrected chi connectivity index (χ2v) is 8.02. The summed E-state index contributed by atoms with van der Waals surface area (Å²) in [5.41, 5.74) is 2.04. The van der Waals surface area contributed by atoms with Gasteiger partial charge in [-0.15, -0.1) is 0 Å². The third kappa shape index (κ3) is 5.36. The van der Waals surface area contributed by atoms with E-state index in [1.54, 1.807) is 7.11 Å². The van der Waals surface area contributed by atoms with Gasteiger partial charge in [0.05, 0.1) is 7.11 Å². The second-order valence-electron chi connectivity index (χ2n) is 7.11. The Bertz CT molecular complexity index is 749. The van der Waals surface area contributed by atoms with Crippen molar-refractivity contribution < 1.29 is 9.53 Å². The molecular weight excluding hydrogens is 406 g/mol. The van der Waals surface area contributed by atoms with E-state index in [9.17, 15) is 4.79 Å². The highest BCUT2D eigenvalue weighted by atomic mass is 79.9. The molecule has 0 saturated carbocycles. The zero-order valence-electron chi connectivity index (χ0n) is 16.1. The molecule has 146 valence electrons. The molecule has 1 aromatic carbocycles. The van der Waals surface area contributed by atoms with Crippen LogP contribution in [-0.2, 0) is 13.1 Å². The molecule has 1 amide bonds. The number of piperidine rings is 1. The first kappa shape index (κ1) is 20.0. The lowest BCUT2D eigenvalue weighted by molar-refractivity contribution is 0.0926. The van der Waals surface area contributed by atoms with Crippen molar-refractivity contribution in [1.29, 1.82) is 0 Å². The Morgan fingerprint density at radius 2 is 1.96 bits per heavy atom. The molecule has 1 fully saturated rings. The lowest BCUT2D eigenvalue weighted by atomic mass is 9.96. The van der Waals surface area contributed by atoms with Gasteiger partial charge in [-0.3, -0.25) is 9.69 Å². The zero-order chi connectivity index (χ0) is 19.2. The molecule has 6 heteroatoms. The molecule has 1 aliphatic rings. The third-order valence-electron chi connectivity index (χ3n) is 5.26. The summed E-state index contributed by atoms with van der Waals surface area (Å²) in [5.74, 6) is 1.47. The van der Waals surface area contributed by atoms with Crippen molar-refractivity contribution in [3.05, 3.63) is 52.3 Å². The van der Waals surface area contributed by atoms with E-state index in [-0.39, 0.29) is 5.91 Å². The fourth-order valence-electron chi connectivity index (χ4n) is 3.59. The standard InChI is InChI=1S/C21H28BrN3O2/c1-3-25-15-18(22)12-20(25)21(26)23-13-16-8-10-24(11-9-16)14-17-4-6-19(27-2)7-5-17/h4-7,12,15-16H,3,8-11,13-14H2,1-2H3,(H,23,26). The minimum Gasteiger partial charge on any atom is -0.497 e. The van der Waals surface area contributed by atoms with Crippen molar-refractivity contribution in [1.82, 2.24) is 14.8 Å². The number of methoxy groups -OCH3 is 1. The van der Waals surface area contributed by atoms with E-state index in [2.05, 4.69) is 38.3 Å². The number of aromatic nitrogens is 1. The number of rotatable bonds is 7. The first-order valence-electron chi connectivity index (χ1n) is 9.58. The number of carbonyl (C=O) groups is 1. The maximum atomic E-state index is 12.5. The maximum absolute atomic E-state index is 12.5. The van der Waals surface area contributed by atoms with Gasteiger partial charge in [0.2, 0.25) is 0 Å². The Kier molecular flexibility index (Phi) is 6.96. The molecule has 3 rings (SSSR count). The normalized spacial score (nSPS) is 15.7. The molecule has 0 aliphatic carbocycles. The van der Waals surface area contributed by atoms with Crippen molar-refractivity contribution in [3.63, 3.8) is 0 Å². The number of carbonyl (C=O) groups excluding carboxylic acids is 1. The van der Waals surface area contributed by atoms with Gasteiger partial charge >= 0.3 is 0 Å². The van der Waals surface area contributed by atoms with Crippen molar-refractivity contribution >= 4 is 21.8 Å². The van der Waals surface area contributed by atoms with Crippen LogP contribution >= 0.6 is 15.9 Å². The van der Waals surface area contributed by atoms with E-state index in [0.717, 1.165) is 61.5 Å². The van der Waals surface area contributed by atoms with Crippen LogP contribution in [0.25, 0.3) is 0 Å². The monoisotopic (exact) mass is 433 g/mol. The number of benzene rings is 1. The lowest BCUT2D eigenvalue weighted by Gasteiger charge is -2.32. The number of amides is 1. The average molecular weight is 434 g/mol. The van der Waals surface area contributed by atoms with Crippen molar-refractivity contribution in [2.45, 2.75) is 32.9 Å². The highest BCUT2D eigenvalue weighted by molar-refractivity contribution is 9.10. The Labute approximate surface area is 169 Å². The minimum absolute atomic E-state index is 0.0169. The Hall–Kier alpha value is -1.79. The van der Waals surface area contributed by atoms with Crippen LogP contribution in [0.1, 0.15) is 35.8 Å². The summed E-state index contributed by atoms with van der Waals surface area (Å²) in [5, 5.41) is 3.12. The summed E-state index contributed by atoms with van der Waals surface area (Å²) in [7, 11) is 1.69. The highest BCUT2D eigenvalue weighted by Crippen LogP contribution is 2.20. The summed E-state index contributed by atoms with van der Waals surface area (Å²) in [6.07, 6.45) is 4.19. The van der Waals surface area contributed by atoms with Crippen molar-refractivity contribution in [2.75, 3.05) is 26.7 Å². The molecule has 1 aromatic heterocycles. The van der Waals surface area contributed by atoms with Gasteiger partial charge in [0.25, 0.3) is 5.91 Å². The van der Waals surface area contributed by atoms with Crippen LogP contribution in [0.2, 0.25) is 0 Å². The molecule has 0 atom stereocenters. The Balaban J connectivity index is 1.43. The maximum Gasteiger partial charge on any atom is 0.267 e. The molecule has 0 radical (unpaired) electrons. The van der Waals surface area contributed by atoms with Gasteiger partial charge in [0.1, 0.15) is 11.4 Å². The van der Waals surface area contributed by atoms with E-state index in [4.69, 9.17) is 4.74 Å². The third-order valence-corrected chi connectivity index (χ3v) is 5.69. The smallest absolute Gasteiger partial charge is 0.267 e. The second kappa shape index (κ2) is 9.42. The molecule has 0 unspecified atom stereocenters. The van der Waals surface area contributed by atoms with Gasteiger partial charge in [-0.2, -0.15) is 0 Å². The number of ether oxygens (including phenoxy) is 1. The summed E-state index contributed by atoms with van der Waals surface area (Å²) < 4.78 is 8.13. The molecule has 0 bridgehead atoms. The highest BCUT2D eigenvalue weighted by Gasteiger charge is 2.21. The fraction of sp³-hybridized carbons (Fsp3) is 0.476. The summed E-state index contributed by atoms with van der Waals surface area (Å²) in [4.78, 5) is 15.0. The fourth-order valence-corrected chi connectivity index (χ4v) is 4.06. The number of hydrogen-bond acceptors (Lipinski definition) is 3. The minimum atomic E-state index is 0.0169. The zero-order valence-corrected chi connectivity index (χ0v) is 17.7. The topological polar surface area (TPSA) is 46.5 Å². The summed E-state index contributed by atoms with van der Waals surface area (Å²) in [6.45, 7) is 6.70. The number of likely N-dealkylation sites (tertiary alicyclic amines) is 1. The summed E-state index contributed by atoms with van der Waals surface area (Å²) >= 11 is 3.45. The van der Waals surface area contributed by atoms with Crippen LogP contribution < -0.4 is 10.1 Å². The Morgan fingerprint density at radius 1 is 1.26 bits per heavy atom. The van der Waals surface area contributed by atoms with Gasteiger partial charge in [-0.1, -0.05) is 12.1 Å². The molecule has 1 saturated heterocycles. The van der Waals surface area contributed by atoms with Crippen molar-refractivity contribution in [2.24, 2.45) is 5.92 Å². The number of halogens is 1. The van der Waals surface area contributed by atoms with E-state index in [1.165, 1.54) is 5.56 Å². The van der Waals surface area contributed by atoms with Gasteiger partial charge in [0.15, 0.2) is 0 Å². The number of hydrogen-bond donors (Lipinski definition) is 1. The SMILES string of the molecule is CCn1cc(Br)cc1C(=O)NCC1CCN(Cc2ccc(OC)cc2)CC1. The predicted octanol–water partition coefficient (Wildman–Crippen LogP) is 3.92. The quantitative estimate of drug-likeness (QED) is 0.719. The molecule has 1 N–H and O–H groups in total. The largest absolute Gasteiger partial charge is 0.497 e. The van der Waals surface area contributed by atoms with Crippen LogP contribution in [0.4, 0.5) is 0 Å². The van der Waals surface area contributed by atoms with E-state index in [1.807, 2.05) is 35.9 Å². The number of aryl methyl sites for hydroxylation is 1. The lowest BCUT2D eigenvalue weighted by Crippen LogP contribution is -2.38. The van der Waals surface area contributed by atoms with Gasteiger partial charge < -0.3 is 14.6 Å². The van der Waals surface area contributed by atoms with Crippen LogP contribution in [0, 0.1) is 5.92 Å². The molecule has 0 spiro atoms. The molecular formula is C21H28BrN3O2. The summed E-state index contributed by atoms with van der Waals surface area (Å²) in [6, 6.07) is 10.2. The molecule has 27 heavy (non-hydrogen) atoms. The Morgan fingerprint density at radius 3 is 2.59 bits per heavy atom. The molecule has 2 heterocycles. The van der Waals surface area contributed by atoms with Crippen LogP contribution in [0.3, 0.4) is 0 Å². The first-order valence-corrected chi connectivity index (χ1v) is 10.4. The molecule has 5 nitrogen and oxygen atoms in total. The van der Waals surface area contributed by atoms with Crippen molar-refractivity contribution in [3.8, 4) is 5.75 Å². The van der Waals surface area contributed by atoms with Gasteiger partial charge in [-0.25, -0.2) is 0 Å². The molecule has 2 aromatic rings. The number of nitrogens with zero attached hydrogens (tertiary/aromatic N) is 2. The first-order chi connectivity index (χ1) is 13.1. The molecule has 1 aliphatic heterocycles. The van der Waals surface area contributed by atoms with E-state index in [0.29, 0.717) is 5.92 Å². The average Bonchev–Trinajstić information content (AvgIpc) is 3.09. The number of nitrogens with one attached hydrogen (secondary N) is 1. The van der Waals surface area contributed by atoms with Crippen LogP contribution in [-0.4, -0.2) is 42.1 Å².